The van der Waals surface area contributed by atoms with Crippen molar-refractivity contribution in [3.05, 3.63) is 54.1 Å². The van der Waals surface area contributed by atoms with Crippen LogP contribution in [0.5, 0.6) is 0 Å². The molecule has 3 N–H and O–H groups in total. The zero-order chi connectivity index (χ0) is 22.8. The van der Waals surface area contributed by atoms with Crippen LogP contribution in [0.2, 0.25) is 0 Å². The highest BCUT2D eigenvalue weighted by molar-refractivity contribution is 7.99. The van der Waals surface area contributed by atoms with Gasteiger partial charge in [0.25, 0.3) is 0 Å². The van der Waals surface area contributed by atoms with Crippen LogP contribution in [0, 0.1) is 0 Å². The molecule has 1 heterocycles. The van der Waals surface area contributed by atoms with Gasteiger partial charge in [-0.2, -0.15) is 0 Å². The molecule has 0 saturated heterocycles. The van der Waals surface area contributed by atoms with Crippen molar-refractivity contribution < 1.29 is 13.2 Å². The zero-order valence-corrected chi connectivity index (χ0v) is 19.4. The smallest absolute Gasteiger partial charge is 0.238 e. The minimum atomic E-state index is -3.76. The van der Waals surface area contributed by atoms with E-state index in [1.165, 1.54) is 41.6 Å². The van der Waals surface area contributed by atoms with Crippen LogP contribution in [0.4, 0.5) is 5.69 Å². The van der Waals surface area contributed by atoms with Gasteiger partial charge in [-0.05, 0) is 35.2 Å². The summed E-state index contributed by atoms with van der Waals surface area (Å²) < 4.78 is 24.4. The van der Waals surface area contributed by atoms with E-state index in [1.54, 1.807) is 0 Å². The van der Waals surface area contributed by atoms with E-state index < -0.39 is 10.0 Å². The van der Waals surface area contributed by atoms with Crippen LogP contribution in [-0.2, 0) is 27.3 Å². The summed E-state index contributed by atoms with van der Waals surface area (Å²) in [5.41, 5.74) is 2.75. The van der Waals surface area contributed by atoms with Crippen molar-refractivity contribution in [2.75, 3.05) is 11.1 Å². The Morgan fingerprint density at radius 2 is 1.68 bits per heavy atom. The number of carbonyl (C=O) groups is 1. The predicted octanol–water partition coefficient (Wildman–Crippen LogP) is 3.16. The number of anilines is 1. The van der Waals surface area contributed by atoms with E-state index in [-0.39, 0.29) is 22.0 Å². The molecule has 0 fully saturated rings. The molecule has 0 aliphatic rings. The van der Waals surface area contributed by atoms with Gasteiger partial charge in [0.15, 0.2) is 11.0 Å². The van der Waals surface area contributed by atoms with Gasteiger partial charge >= 0.3 is 0 Å². The normalized spacial score (nSPS) is 12.0. The van der Waals surface area contributed by atoms with Gasteiger partial charge in [-0.25, -0.2) is 13.6 Å². The number of hydrogen-bond donors (Lipinski definition) is 2. The summed E-state index contributed by atoms with van der Waals surface area (Å²) in [5.74, 6) is 0.612. The summed E-state index contributed by atoms with van der Waals surface area (Å²) in [6.07, 6.45) is 0. The molecule has 0 unspecified atom stereocenters. The molecule has 3 aromatic rings. The van der Waals surface area contributed by atoms with Crippen LogP contribution in [0.15, 0.2) is 58.6 Å². The number of carbonyl (C=O) groups excluding carboxylic acids is 1. The summed E-state index contributed by atoms with van der Waals surface area (Å²) in [7, 11) is -1.90. The van der Waals surface area contributed by atoms with Crippen molar-refractivity contribution in [3.8, 4) is 11.4 Å². The van der Waals surface area contributed by atoms with Crippen molar-refractivity contribution >= 4 is 33.4 Å². The van der Waals surface area contributed by atoms with E-state index in [0.29, 0.717) is 10.8 Å². The minimum Gasteiger partial charge on any atom is -0.325 e. The van der Waals surface area contributed by atoms with Gasteiger partial charge in [0.1, 0.15) is 0 Å². The third-order valence-corrected chi connectivity index (χ3v) is 6.59. The highest BCUT2D eigenvalue weighted by atomic mass is 32.2. The van der Waals surface area contributed by atoms with Crippen LogP contribution in [0.25, 0.3) is 11.4 Å². The first-order valence-electron chi connectivity index (χ1n) is 9.51. The minimum absolute atomic E-state index is 0.0120. The maximum atomic E-state index is 12.3. The molecule has 10 heteroatoms. The molecule has 3 rings (SSSR count). The van der Waals surface area contributed by atoms with Crippen molar-refractivity contribution in [2.45, 2.75) is 36.2 Å². The Labute approximate surface area is 186 Å². The van der Waals surface area contributed by atoms with Gasteiger partial charge in [0, 0.05) is 18.3 Å². The molecule has 0 saturated carbocycles. The lowest BCUT2D eigenvalue weighted by atomic mass is 9.87. The number of hydrogen-bond acceptors (Lipinski definition) is 6. The molecule has 164 valence electrons. The molecule has 0 spiro atoms. The average molecular weight is 460 g/mol. The summed E-state index contributed by atoms with van der Waals surface area (Å²) in [5, 5.41) is 16.9. The number of nitrogens with two attached hydrogens (primary N) is 1. The maximum Gasteiger partial charge on any atom is 0.238 e. The van der Waals surface area contributed by atoms with E-state index in [4.69, 9.17) is 5.14 Å². The van der Waals surface area contributed by atoms with Gasteiger partial charge in [-0.15, -0.1) is 10.2 Å². The molecular formula is C21H25N5O3S2. The fourth-order valence-electron chi connectivity index (χ4n) is 2.87. The summed E-state index contributed by atoms with van der Waals surface area (Å²) in [4.78, 5) is 12.2. The fourth-order valence-corrected chi connectivity index (χ4v) is 4.09. The number of rotatable bonds is 6. The number of nitrogens with one attached hydrogen (secondary N) is 1. The molecule has 1 amide bonds. The second kappa shape index (κ2) is 8.81. The van der Waals surface area contributed by atoms with Crippen LogP contribution in [0.1, 0.15) is 26.3 Å². The van der Waals surface area contributed by atoms with Crippen molar-refractivity contribution in [3.63, 3.8) is 0 Å². The summed E-state index contributed by atoms with van der Waals surface area (Å²) in [6.45, 7) is 6.50. The van der Waals surface area contributed by atoms with Crippen LogP contribution >= 0.6 is 11.8 Å². The van der Waals surface area contributed by atoms with Gasteiger partial charge in [-0.1, -0.05) is 56.8 Å². The molecule has 0 bridgehead atoms. The number of nitrogens with zero attached hydrogens (tertiary/aromatic N) is 3. The molecular weight excluding hydrogens is 434 g/mol. The number of sulfonamides is 1. The van der Waals surface area contributed by atoms with E-state index in [9.17, 15) is 13.2 Å². The quantitative estimate of drug-likeness (QED) is 0.547. The molecule has 8 nitrogen and oxygen atoms in total. The fraction of sp³-hybridized carbons (Fsp3) is 0.286. The van der Waals surface area contributed by atoms with E-state index >= 15 is 0 Å². The number of aromatic nitrogens is 3. The lowest BCUT2D eigenvalue weighted by molar-refractivity contribution is -0.113. The van der Waals surface area contributed by atoms with Gasteiger partial charge in [-0.3, -0.25) is 4.79 Å². The van der Waals surface area contributed by atoms with E-state index in [0.717, 1.165) is 11.4 Å². The first-order chi connectivity index (χ1) is 14.4. The van der Waals surface area contributed by atoms with Crippen LogP contribution < -0.4 is 10.5 Å². The first-order valence-corrected chi connectivity index (χ1v) is 12.0. The maximum absolute atomic E-state index is 12.3. The number of thioether (sulfide) groups is 1. The van der Waals surface area contributed by atoms with Gasteiger partial charge in [0.05, 0.1) is 10.6 Å². The molecule has 31 heavy (non-hydrogen) atoms. The van der Waals surface area contributed by atoms with E-state index in [2.05, 4.69) is 48.4 Å². The summed E-state index contributed by atoms with van der Waals surface area (Å²) in [6, 6.07) is 13.9. The summed E-state index contributed by atoms with van der Waals surface area (Å²) >= 11 is 1.27. The Kier molecular flexibility index (Phi) is 6.54. The lowest BCUT2D eigenvalue weighted by Gasteiger charge is -2.19. The van der Waals surface area contributed by atoms with Crippen molar-refractivity contribution in [1.82, 2.24) is 14.8 Å². The molecule has 2 aromatic carbocycles. The van der Waals surface area contributed by atoms with Gasteiger partial charge < -0.3 is 9.88 Å². The third-order valence-electron chi connectivity index (χ3n) is 4.64. The highest BCUT2D eigenvalue weighted by Crippen LogP contribution is 2.27. The Balaban J connectivity index is 1.62. The monoisotopic (exact) mass is 459 g/mol. The van der Waals surface area contributed by atoms with Crippen LogP contribution in [-0.4, -0.2) is 34.8 Å². The number of amides is 1. The Morgan fingerprint density at radius 3 is 2.23 bits per heavy atom. The second-order valence-electron chi connectivity index (χ2n) is 8.10. The third kappa shape index (κ3) is 5.72. The van der Waals surface area contributed by atoms with Crippen molar-refractivity contribution in [1.29, 1.82) is 0 Å². The molecule has 0 radical (unpaired) electrons. The average Bonchev–Trinajstić information content (AvgIpc) is 3.06. The molecule has 0 aliphatic heterocycles. The standard InChI is InChI=1S/C21H25N5O3S2/c1-21(2,3)15-7-5-14(6-8-15)19-24-25-20(26(19)4)30-13-18(27)23-16-9-11-17(12-10-16)31(22,28)29/h5-12H,13H2,1-4H3,(H,23,27)(H2,22,28,29). The Morgan fingerprint density at radius 1 is 1.06 bits per heavy atom. The lowest BCUT2D eigenvalue weighted by Crippen LogP contribution is -2.15. The van der Waals surface area contributed by atoms with Gasteiger partial charge in [0.2, 0.25) is 15.9 Å². The SMILES string of the molecule is Cn1c(SCC(=O)Nc2ccc(S(N)(=O)=O)cc2)nnc1-c1ccc(C(C)(C)C)cc1. The number of benzene rings is 2. The van der Waals surface area contributed by atoms with Crippen molar-refractivity contribution in [2.24, 2.45) is 12.2 Å². The van der Waals surface area contributed by atoms with Crippen LogP contribution in [0.3, 0.4) is 0 Å². The Bertz CT molecular complexity index is 1180. The number of primary sulfonamides is 1. The molecule has 0 aliphatic carbocycles. The predicted molar refractivity (Wildman–Crippen MR) is 122 cm³/mol. The first kappa shape index (κ1) is 23.0. The van der Waals surface area contributed by atoms with E-state index in [1.807, 2.05) is 23.7 Å². The second-order valence-corrected chi connectivity index (χ2v) is 10.6. The topological polar surface area (TPSA) is 120 Å². The largest absolute Gasteiger partial charge is 0.325 e. The molecule has 1 aromatic heterocycles. The Hall–Kier alpha value is -2.69. The highest BCUT2D eigenvalue weighted by Gasteiger charge is 2.16. The zero-order valence-electron chi connectivity index (χ0n) is 17.8. The molecule has 0 atom stereocenters.